The molecule has 2 aromatic heterocycles. The highest BCUT2D eigenvalue weighted by molar-refractivity contribution is 5.98. The third kappa shape index (κ3) is 2.40. The van der Waals surface area contributed by atoms with Gasteiger partial charge in [0.1, 0.15) is 5.65 Å². The Kier molecular flexibility index (Phi) is 2.87. The first-order chi connectivity index (χ1) is 9.22. The largest absolute Gasteiger partial charge is 0.269 e. The molecule has 0 radical (unpaired) electrons. The van der Waals surface area contributed by atoms with Crippen LogP contribution in [-0.2, 0) is 0 Å². The van der Waals surface area contributed by atoms with Crippen LogP contribution in [0.3, 0.4) is 0 Å². The summed E-state index contributed by atoms with van der Waals surface area (Å²) in [6.45, 7) is 2.09. The lowest BCUT2D eigenvalue weighted by Crippen LogP contribution is -2.14. The van der Waals surface area contributed by atoms with E-state index in [1.165, 1.54) is 16.0 Å². The van der Waals surface area contributed by atoms with Gasteiger partial charge in [-0.1, -0.05) is 11.6 Å². The fourth-order valence-corrected chi connectivity index (χ4v) is 2.08. The van der Waals surface area contributed by atoms with Gasteiger partial charge in [0.25, 0.3) is 5.56 Å². The summed E-state index contributed by atoms with van der Waals surface area (Å²) < 4.78 is 1.50. The molecule has 0 bridgehead atoms. The molecule has 0 saturated carbocycles. The van der Waals surface area contributed by atoms with Crippen molar-refractivity contribution in [2.45, 2.75) is 19.8 Å². The van der Waals surface area contributed by atoms with Gasteiger partial charge in [0.2, 0.25) is 0 Å². The number of hydrazone groups is 1. The summed E-state index contributed by atoms with van der Waals surface area (Å²) in [4.78, 5) is 16.2. The van der Waals surface area contributed by atoms with Crippen molar-refractivity contribution in [3.05, 3.63) is 52.5 Å². The standard InChI is InChI=1S/C14H14N4O/c1-10-5-6-11(8-10)16-17-12-9-14(19)18-7-3-2-4-13(18)15-12/h2-4,7-9,17H,5-6H2,1H3/b16-11+. The van der Waals surface area contributed by atoms with Crippen LogP contribution in [0, 0.1) is 0 Å². The Morgan fingerprint density at radius 3 is 3.05 bits per heavy atom. The van der Waals surface area contributed by atoms with E-state index in [0.29, 0.717) is 11.5 Å². The molecule has 19 heavy (non-hydrogen) atoms. The van der Waals surface area contributed by atoms with E-state index in [4.69, 9.17) is 0 Å². The fraction of sp³-hybridized carbons (Fsp3) is 0.214. The summed E-state index contributed by atoms with van der Waals surface area (Å²) in [5.74, 6) is 0.474. The Morgan fingerprint density at radius 2 is 2.26 bits per heavy atom. The molecule has 0 unspecified atom stereocenters. The van der Waals surface area contributed by atoms with E-state index in [9.17, 15) is 4.79 Å². The maximum absolute atomic E-state index is 11.9. The van der Waals surface area contributed by atoms with E-state index in [1.54, 1.807) is 18.3 Å². The zero-order valence-electron chi connectivity index (χ0n) is 10.6. The Hall–Kier alpha value is -2.43. The minimum atomic E-state index is -0.119. The second-order valence-electron chi connectivity index (χ2n) is 4.61. The topological polar surface area (TPSA) is 58.8 Å². The normalized spacial score (nSPS) is 16.9. The number of nitrogens with one attached hydrogen (secondary N) is 1. The van der Waals surface area contributed by atoms with E-state index in [0.717, 1.165) is 18.6 Å². The SMILES string of the molecule is CC1=C/C(=N/Nc2cc(=O)n3ccccc3n2)CC1. The van der Waals surface area contributed by atoms with Gasteiger partial charge in [0, 0.05) is 12.3 Å². The first kappa shape index (κ1) is 11.6. The van der Waals surface area contributed by atoms with E-state index in [1.807, 2.05) is 6.07 Å². The van der Waals surface area contributed by atoms with Crippen LogP contribution in [0.2, 0.25) is 0 Å². The summed E-state index contributed by atoms with van der Waals surface area (Å²) in [7, 11) is 0. The third-order valence-corrected chi connectivity index (χ3v) is 3.07. The number of rotatable bonds is 2. The van der Waals surface area contributed by atoms with Gasteiger partial charge in [-0.05, 0) is 38.0 Å². The monoisotopic (exact) mass is 254 g/mol. The van der Waals surface area contributed by atoms with Crippen LogP contribution in [0.15, 0.2) is 52.0 Å². The Labute approximate surface area is 110 Å². The number of fused-ring (bicyclic) bond motifs is 1. The summed E-state index contributed by atoms with van der Waals surface area (Å²) >= 11 is 0. The molecule has 3 rings (SSSR count). The molecule has 0 atom stereocenters. The molecule has 0 fully saturated rings. The quantitative estimate of drug-likeness (QED) is 0.836. The average molecular weight is 254 g/mol. The Morgan fingerprint density at radius 1 is 1.37 bits per heavy atom. The van der Waals surface area contributed by atoms with Gasteiger partial charge in [-0.2, -0.15) is 5.10 Å². The van der Waals surface area contributed by atoms with Crippen molar-refractivity contribution in [2.75, 3.05) is 5.43 Å². The number of nitrogens with zero attached hydrogens (tertiary/aromatic N) is 3. The van der Waals surface area contributed by atoms with Crippen LogP contribution in [0.4, 0.5) is 5.82 Å². The number of aromatic nitrogens is 2. The predicted octanol–water partition coefficient (Wildman–Crippen LogP) is 2.20. The molecule has 1 N–H and O–H groups in total. The molecule has 0 amide bonds. The number of hydrogen-bond acceptors (Lipinski definition) is 4. The van der Waals surface area contributed by atoms with E-state index >= 15 is 0 Å². The van der Waals surface area contributed by atoms with Crippen molar-refractivity contribution in [2.24, 2.45) is 5.10 Å². The smallest absolute Gasteiger partial charge is 0.260 e. The Balaban J connectivity index is 1.92. The minimum Gasteiger partial charge on any atom is -0.269 e. The van der Waals surface area contributed by atoms with Gasteiger partial charge in [0.15, 0.2) is 5.82 Å². The van der Waals surface area contributed by atoms with Crippen LogP contribution < -0.4 is 11.0 Å². The van der Waals surface area contributed by atoms with Crippen molar-refractivity contribution in [1.29, 1.82) is 0 Å². The second kappa shape index (κ2) is 4.68. The molecule has 0 aliphatic heterocycles. The summed E-state index contributed by atoms with van der Waals surface area (Å²) in [5, 5.41) is 4.27. The van der Waals surface area contributed by atoms with Crippen LogP contribution in [0.1, 0.15) is 19.8 Å². The molecule has 0 aromatic carbocycles. The number of pyridine rings is 1. The molecular formula is C14H14N4O. The second-order valence-corrected chi connectivity index (χ2v) is 4.61. The third-order valence-electron chi connectivity index (χ3n) is 3.07. The molecule has 1 aliphatic rings. The van der Waals surface area contributed by atoms with E-state index < -0.39 is 0 Å². The van der Waals surface area contributed by atoms with E-state index in [-0.39, 0.29) is 5.56 Å². The van der Waals surface area contributed by atoms with Gasteiger partial charge in [-0.25, -0.2) is 4.98 Å². The summed E-state index contributed by atoms with van der Waals surface area (Å²) in [6, 6.07) is 6.89. The maximum atomic E-state index is 11.9. The summed E-state index contributed by atoms with van der Waals surface area (Å²) in [5.41, 5.74) is 5.67. The lowest BCUT2D eigenvalue weighted by atomic mass is 10.3. The van der Waals surface area contributed by atoms with Crippen LogP contribution >= 0.6 is 0 Å². The van der Waals surface area contributed by atoms with Gasteiger partial charge >= 0.3 is 0 Å². The molecule has 0 spiro atoms. The highest BCUT2D eigenvalue weighted by Crippen LogP contribution is 2.15. The molecule has 96 valence electrons. The average Bonchev–Trinajstić information content (AvgIpc) is 2.82. The maximum Gasteiger partial charge on any atom is 0.260 e. The van der Waals surface area contributed by atoms with Gasteiger partial charge in [0.05, 0.1) is 5.71 Å². The first-order valence-electron chi connectivity index (χ1n) is 6.20. The van der Waals surface area contributed by atoms with Crippen molar-refractivity contribution in [1.82, 2.24) is 9.38 Å². The van der Waals surface area contributed by atoms with Gasteiger partial charge in [-0.3, -0.25) is 14.6 Å². The van der Waals surface area contributed by atoms with Crippen molar-refractivity contribution < 1.29 is 0 Å². The van der Waals surface area contributed by atoms with Crippen molar-refractivity contribution in [3.8, 4) is 0 Å². The molecule has 2 aromatic rings. The van der Waals surface area contributed by atoms with E-state index in [2.05, 4.69) is 28.5 Å². The fourth-order valence-electron chi connectivity index (χ4n) is 2.08. The van der Waals surface area contributed by atoms with Gasteiger partial charge in [-0.15, -0.1) is 0 Å². The molecule has 2 heterocycles. The molecular weight excluding hydrogens is 240 g/mol. The number of hydrogen-bond donors (Lipinski definition) is 1. The molecule has 1 aliphatic carbocycles. The Bertz CT molecular complexity index is 742. The molecule has 5 heteroatoms. The first-order valence-corrected chi connectivity index (χ1v) is 6.20. The summed E-state index contributed by atoms with van der Waals surface area (Å²) in [6.07, 6.45) is 5.74. The van der Waals surface area contributed by atoms with Crippen molar-refractivity contribution >= 4 is 17.2 Å². The zero-order valence-corrected chi connectivity index (χ0v) is 10.6. The highest BCUT2D eigenvalue weighted by Gasteiger charge is 2.07. The minimum absolute atomic E-state index is 0.119. The van der Waals surface area contributed by atoms with Crippen LogP contribution in [-0.4, -0.2) is 15.1 Å². The zero-order chi connectivity index (χ0) is 13.2. The van der Waals surface area contributed by atoms with Crippen LogP contribution in [0.25, 0.3) is 5.65 Å². The van der Waals surface area contributed by atoms with Crippen LogP contribution in [0.5, 0.6) is 0 Å². The molecule has 5 nitrogen and oxygen atoms in total. The number of anilines is 1. The van der Waals surface area contributed by atoms with Crippen molar-refractivity contribution in [3.63, 3.8) is 0 Å². The number of allylic oxidation sites excluding steroid dienone is 2. The lowest BCUT2D eigenvalue weighted by Gasteiger charge is -2.03. The molecule has 0 saturated heterocycles. The lowest BCUT2D eigenvalue weighted by molar-refractivity contribution is 1.03. The predicted molar refractivity (Wildman–Crippen MR) is 75.5 cm³/mol. The highest BCUT2D eigenvalue weighted by atomic mass is 16.1. The van der Waals surface area contributed by atoms with Gasteiger partial charge < -0.3 is 0 Å².